The molecule has 1 fully saturated rings. The SMILES string of the molecule is CCCC(N)C(=O)NCC1(Sc2ccccc2)CC1. The lowest BCUT2D eigenvalue weighted by Gasteiger charge is -2.17. The number of carbonyl (C=O) groups is 1. The highest BCUT2D eigenvalue weighted by molar-refractivity contribution is 8.01. The zero-order valence-corrected chi connectivity index (χ0v) is 12.2. The molecular weight excluding hydrogens is 256 g/mol. The van der Waals surface area contributed by atoms with Gasteiger partial charge in [-0.15, -0.1) is 11.8 Å². The first-order valence-corrected chi connectivity index (χ1v) is 7.74. The second-order valence-electron chi connectivity index (χ2n) is 5.21. The van der Waals surface area contributed by atoms with Gasteiger partial charge in [0.05, 0.1) is 6.04 Å². The van der Waals surface area contributed by atoms with Gasteiger partial charge in [0.25, 0.3) is 0 Å². The number of nitrogens with one attached hydrogen (secondary N) is 1. The largest absolute Gasteiger partial charge is 0.353 e. The van der Waals surface area contributed by atoms with Gasteiger partial charge in [0.2, 0.25) is 5.91 Å². The summed E-state index contributed by atoms with van der Waals surface area (Å²) >= 11 is 1.87. The molecule has 4 heteroatoms. The van der Waals surface area contributed by atoms with Gasteiger partial charge in [0.1, 0.15) is 0 Å². The van der Waals surface area contributed by atoms with Crippen LogP contribution in [0.25, 0.3) is 0 Å². The van der Waals surface area contributed by atoms with E-state index in [1.807, 2.05) is 36.9 Å². The Bertz CT molecular complexity index is 417. The van der Waals surface area contributed by atoms with Crippen molar-refractivity contribution in [2.24, 2.45) is 5.73 Å². The maximum atomic E-state index is 11.8. The molecule has 0 heterocycles. The Morgan fingerprint density at radius 2 is 2.11 bits per heavy atom. The van der Waals surface area contributed by atoms with Crippen molar-refractivity contribution in [3.05, 3.63) is 30.3 Å². The number of amides is 1. The van der Waals surface area contributed by atoms with E-state index < -0.39 is 0 Å². The van der Waals surface area contributed by atoms with E-state index in [4.69, 9.17) is 5.73 Å². The second kappa shape index (κ2) is 6.44. The maximum absolute atomic E-state index is 11.8. The van der Waals surface area contributed by atoms with Gasteiger partial charge in [0.15, 0.2) is 0 Å². The lowest BCUT2D eigenvalue weighted by atomic mass is 10.1. The first-order chi connectivity index (χ1) is 9.15. The first-order valence-electron chi connectivity index (χ1n) is 6.92. The molecule has 19 heavy (non-hydrogen) atoms. The summed E-state index contributed by atoms with van der Waals surface area (Å²) in [5.41, 5.74) is 5.81. The number of benzene rings is 1. The Morgan fingerprint density at radius 3 is 2.68 bits per heavy atom. The normalized spacial score (nSPS) is 17.8. The molecule has 1 aliphatic rings. The van der Waals surface area contributed by atoms with Gasteiger partial charge in [-0.1, -0.05) is 31.5 Å². The molecule has 1 saturated carbocycles. The predicted octanol–water partition coefficient (Wildman–Crippen LogP) is 2.55. The van der Waals surface area contributed by atoms with Crippen molar-refractivity contribution >= 4 is 17.7 Å². The van der Waals surface area contributed by atoms with Crippen LogP contribution in [0.5, 0.6) is 0 Å². The van der Waals surface area contributed by atoms with Gasteiger partial charge in [0, 0.05) is 16.2 Å². The Balaban J connectivity index is 1.81. The highest BCUT2D eigenvalue weighted by Gasteiger charge is 2.44. The number of hydrogen-bond acceptors (Lipinski definition) is 3. The molecule has 0 aromatic heterocycles. The molecule has 1 atom stereocenters. The van der Waals surface area contributed by atoms with Crippen LogP contribution in [0.4, 0.5) is 0 Å². The zero-order chi connectivity index (χ0) is 13.7. The molecule has 1 aromatic carbocycles. The van der Waals surface area contributed by atoms with Crippen LogP contribution < -0.4 is 11.1 Å². The molecule has 1 unspecified atom stereocenters. The van der Waals surface area contributed by atoms with Crippen LogP contribution in [0.3, 0.4) is 0 Å². The van der Waals surface area contributed by atoms with Crippen molar-refractivity contribution < 1.29 is 4.79 Å². The van der Waals surface area contributed by atoms with E-state index in [1.54, 1.807) is 0 Å². The molecule has 0 radical (unpaired) electrons. The van der Waals surface area contributed by atoms with Crippen molar-refractivity contribution in [3.63, 3.8) is 0 Å². The van der Waals surface area contributed by atoms with E-state index in [9.17, 15) is 4.79 Å². The van der Waals surface area contributed by atoms with Gasteiger partial charge >= 0.3 is 0 Å². The quantitative estimate of drug-likeness (QED) is 0.806. The summed E-state index contributed by atoms with van der Waals surface area (Å²) in [5.74, 6) is -0.0122. The van der Waals surface area contributed by atoms with Crippen molar-refractivity contribution in [2.45, 2.75) is 48.3 Å². The average Bonchev–Trinajstić information content (AvgIpc) is 3.17. The summed E-state index contributed by atoms with van der Waals surface area (Å²) in [6.45, 7) is 2.77. The van der Waals surface area contributed by atoms with E-state index in [0.29, 0.717) is 0 Å². The summed E-state index contributed by atoms with van der Waals surface area (Å²) in [6, 6.07) is 10.0. The van der Waals surface area contributed by atoms with Gasteiger partial charge in [-0.25, -0.2) is 0 Å². The van der Waals surface area contributed by atoms with Crippen LogP contribution >= 0.6 is 11.8 Å². The molecule has 0 saturated heterocycles. The highest BCUT2D eigenvalue weighted by atomic mass is 32.2. The fraction of sp³-hybridized carbons (Fsp3) is 0.533. The molecule has 0 bridgehead atoms. The Hall–Kier alpha value is -1.00. The Kier molecular flexibility index (Phi) is 4.88. The van der Waals surface area contributed by atoms with E-state index in [1.165, 1.54) is 4.90 Å². The van der Waals surface area contributed by atoms with Crippen molar-refractivity contribution in [3.8, 4) is 0 Å². The second-order valence-corrected chi connectivity index (χ2v) is 6.75. The van der Waals surface area contributed by atoms with Gasteiger partial charge < -0.3 is 11.1 Å². The van der Waals surface area contributed by atoms with Gasteiger partial charge in [-0.3, -0.25) is 4.79 Å². The summed E-state index contributed by atoms with van der Waals surface area (Å²) in [6.07, 6.45) is 4.02. The van der Waals surface area contributed by atoms with Crippen LogP contribution in [0, 0.1) is 0 Å². The van der Waals surface area contributed by atoms with Crippen molar-refractivity contribution in [2.75, 3.05) is 6.54 Å². The fourth-order valence-electron chi connectivity index (χ4n) is 2.01. The highest BCUT2D eigenvalue weighted by Crippen LogP contribution is 2.51. The van der Waals surface area contributed by atoms with E-state index in [0.717, 1.165) is 32.2 Å². The summed E-state index contributed by atoms with van der Waals surface area (Å²) in [5, 5.41) is 3.01. The zero-order valence-electron chi connectivity index (χ0n) is 11.4. The molecule has 1 aliphatic carbocycles. The molecule has 0 spiro atoms. The molecule has 2 rings (SSSR count). The van der Waals surface area contributed by atoms with E-state index in [2.05, 4.69) is 17.4 Å². The lowest BCUT2D eigenvalue weighted by Crippen LogP contribution is -2.43. The molecule has 0 aliphatic heterocycles. The van der Waals surface area contributed by atoms with Crippen LogP contribution in [-0.2, 0) is 4.79 Å². The number of hydrogen-bond donors (Lipinski definition) is 2. The maximum Gasteiger partial charge on any atom is 0.236 e. The third kappa shape index (κ3) is 4.25. The fourth-order valence-corrected chi connectivity index (χ4v) is 3.26. The van der Waals surface area contributed by atoms with Crippen LogP contribution in [-0.4, -0.2) is 23.2 Å². The third-order valence-electron chi connectivity index (χ3n) is 3.41. The molecule has 3 N–H and O–H groups in total. The smallest absolute Gasteiger partial charge is 0.236 e. The summed E-state index contributed by atoms with van der Waals surface area (Å²) in [4.78, 5) is 13.1. The van der Waals surface area contributed by atoms with E-state index >= 15 is 0 Å². The minimum absolute atomic E-state index is 0.0122. The standard InChI is InChI=1S/C15H22N2OS/c1-2-6-13(16)14(18)17-11-15(9-10-15)19-12-7-4-3-5-8-12/h3-5,7-8,13H,2,6,9-11,16H2,1H3,(H,17,18). The minimum atomic E-state index is -0.359. The monoisotopic (exact) mass is 278 g/mol. The molecular formula is C15H22N2OS. The van der Waals surface area contributed by atoms with Gasteiger partial charge in [-0.2, -0.15) is 0 Å². The Morgan fingerprint density at radius 1 is 1.42 bits per heavy atom. The number of thioether (sulfide) groups is 1. The number of carbonyl (C=O) groups excluding carboxylic acids is 1. The Labute approximate surface area is 119 Å². The minimum Gasteiger partial charge on any atom is -0.353 e. The first kappa shape index (κ1) is 14.4. The van der Waals surface area contributed by atoms with Crippen molar-refractivity contribution in [1.29, 1.82) is 0 Å². The van der Waals surface area contributed by atoms with Crippen molar-refractivity contribution in [1.82, 2.24) is 5.32 Å². The molecule has 1 amide bonds. The van der Waals surface area contributed by atoms with Crippen LogP contribution in [0.1, 0.15) is 32.6 Å². The number of rotatable bonds is 7. The molecule has 1 aromatic rings. The third-order valence-corrected chi connectivity index (χ3v) is 4.90. The molecule has 104 valence electrons. The molecule has 3 nitrogen and oxygen atoms in total. The lowest BCUT2D eigenvalue weighted by molar-refractivity contribution is -0.122. The summed E-state index contributed by atoms with van der Waals surface area (Å²) in [7, 11) is 0. The van der Waals surface area contributed by atoms with Crippen LogP contribution in [0.15, 0.2) is 35.2 Å². The average molecular weight is 278 g/mol. The number of nitrogens with two attached hydrogens (primary N) is 1. The predicted molar refractivity (Wildman–Crippen MR) is 80.2 cm³/mol. The topological polar surface area (TPSA) is 55.1 Å². The summed E-state index contributed by atoms with van der Waals surface area (Å²) < 4.78 is 0.197. The van der Waals surface area contributed by atoms with E-state index in [-0.39, 0.29) is 16.7 Å². The van der Waals surface area contributed by atoms with Crippen LogP contribution in [0.2, 0.25) is 0 Å². The van der Waals surface area contributed by atoms with Gasteiger partial charge in [-0.05, 0) is 31.4 Å².